The third-order valence-corrected chi connectivity index (χ3v) is 5.23. The Labute approximate surface area is 152 Å². The molecule has 0 aliphatic heterocycles. The van der Waals surface area contributed by atoms with Gasteiger partial charge in [-0.25, -0.2) is 4.98 Å². The molecule has 0 spiro atoms. The van der Waals surface area contributed by atoms with Crippen molar-refractivity contribution in [2.75, 3.05) is 19.0 Å². The lowest BCUT2D eigenvalue weighted by Crippen LogP contribution is -2.00. The van der Waals surface area contributed by atoms with E-state index in [1.54, 1.807) is 24.5 Å². The molecule has 0 unspecified atom stereocenters. The van der Waals surface area contributed by atoms with E-state index in [0.29, 0.717) is 5.75 Å². The van der Waals surface area contributed by atoms with Crippen LogP contribution in [0.3, 0.4) is 0 Å². The molecule has 2 aromatic heterocycles. The highest BCUT2D eigenvalue weighted by Gasteiger charge is 2.11. The highest BCUT2D eigenvalue weighted by Crippen LogP contribution is 2.35. The lowest BCUT2D eigenvalue weighted by atomic mass is 10.1. The second kappa shape index (κ2) is 7.57. The summed E-state index contributed by atoms with van der Waals surface area (Å²) in [6, 6.07) is 13.8. The van der Waals surface area contributed by atoms with Gasteiger partial charge in [-0.15, -0.1) is 11.3 Å². The monoisotopic (exact) mass is 354 g/mol. The maximum atomic E-state index is 9.83. The van der Waals surface area contributed by atoms with Crippen LogP contribution in [-0.4, -0.2) is 23.7 Å². The van der Waals surface area contributed by atoms with Gasteiger partial charge in [-0.05, 0) is 61.4 Å². The molecule has 4 nitrogen and oxygen atoms in total. The molecule has 0 bridgehead atoms. The first-order valence-corrected chi connectivity index (χ1v) is 9.18. The van der Waals surface area contributed by atoms with Crippen LogP contribution in [0.4, 0.5) is 5.82 Å². The Kier molecular flexibility index (Phi) is 5.24. The third kappa shape index (κ3) is 3.77. The SMILES string of the molecule is CCNc1cc(-c2ccc(CC)s2)cc(-c2ccc(O)c(OC)c2)n1. The average Bonchev–Trinajstić information content (AvgIpc) is 3.11. The van der Waals surface area contributed by atoms with Crippen LogP contribution in [0.2, 0.25) is 0 Å². The molecule has 2 heterocycles. The van der Waals surface area contributed by atoms with Gasteiger partial charge in [0.15, 0.2) is 11.5 Å². The number of aromatic hydroxyl groups is 1. The number of ether oxygens (including phenoxy) is 1. The van der Waals surface area contributed by atoms with Crippen molar-refractivity contribution in [3.8, 4) is 33.2 Å². The number of hydrogen-bond donors (Lipinski definition) is 2. The molecule has 0 aliphatic rings. The normalized spacial score (nSPS) is 10.7. The fourth-order valence-electron chi connectivity index (χ4n) is 2.65. The standard InChI is InChI=1S/C20H22N2O2S/c1-4-15-7-9-19(25-15)14-10-16(22-20(12-14)21-5-2)13-6-8-17(23)18(11-13)24-3/h6-12,23H,4-5H2,1-3H3,(H,21,22). The molecule has 0 fully saturated rings. The van der Waals surface area contributed by atoms with Gasteiger partial charge in [-0.1, -0.05) is 6.92 Å². The van der Waals surface area contributed by atoms with Gasteiger partial charge >= 0.3 is 0 Å². The van der Waals surface area contributed by atoms with Gasteiger partial charge in [0.1, 0.15) is 5.82 Å². The van der Waals surface area contributed by atoms with Gasteiger partial charge in [0.25, 0.3) is 0 Å². The van der Waals surface area contributed by atoms with Gasteiger partial charge < -0.3 is 15.2 Å². The van der Waals surface area contributed by atoms with Gasteiger partial charge in [-0.3, -0.25) is 0 Å². The topological polar surface area (TPSA) is 54.4 Å². The van der Waals surface area contributed by atoms with E-state index < -0.39 is 0 Å². The minimum Gasteiger partial charge on any atom is -0.504 e. The molecule has 130 valence electrons. The van der Waals surface area contributed by atoms with Crippen LogP contribution in [0.1, 0.15) is 18.7 Å². The zero-order valence-electron chi connectivity index (χ0n) is 14.7. The van der Waals surface area contributed by atoms with Crippen LogP contribution >= 0.6 is 11.3 Å². The molecule has 0 amide bonds. The Morgan fingerprint density at radius 3 is 2.60 bits per heavy atom. The number of pyridine rings is 1. The molecule has 25 heavy (non-hydrogen) atoms. The predicted molar refractivity (Wildman–Crippen MR) is 105 cm³/mol. The molecular weight excluding hydrogens is 332 g/mol. The number of phenolic OH excluding ortho intramolecular Hbond substituents is 1. The molecule has 0 atom stereocenters. The zero-order valence-corrected chi connectivity index (χ0v) is 15.5. The van der Waals surface area contributed by atoms with Gasteiger partial charge in [0.05, 0.1) is 12.8 Å². The van der Waals surface area contributed by atoms with Crippen LogP contribution in [0.25, 0.3) is 21.7 Å². The summed E-state index contributed by atoms with van der Waals surface area (Å²) in [7, 11) is 1.55. The number of aromatic nitrogens is 1. The fourth-order valence-corrected chi connectivity index (χ4v) is 3.59. The highest BCUT2D eigenvalue weighted by molar-refractivity contribution is 7.15. The molecule has 0 saturated heterocycles. The molecule has 3 rings (SSSR count). The van der Waals surface area contributed by atoms with Crippen molar-refractivity contribution in [1.29, 1.82) is 0 Å². The molecular formula is C20H22N2O2S. The maximum Gasteiger partial charge on any atom is 0.161 e. The number of thiophene rings is 1. The molecule has 0 saturated carbocycles. The lowest BCUT2D eigenvalue weighted by Gasteiger charge is -2.11. The van der Waals surface area contributed by atoms with Crippen molar-refractivity contribution in [3.05, 3.63) is 47.3 Å². The van der Waals surface area contributed by atoms with Crippen molar-refractivity contribution < 1.29 is 9.84 Å². The number of aryl methyl sites for hydroxylation is 1. The van der Waals surface area contributed by atoms with E-state index in [1.807, 2.05) is 12.1 Å². The van der Waals surface area contributed by atoms with Crippen molar-refractivity contribution in [1.82, 2.24) is 4.98 Å². The van der Waals surface area contributed by atoms with Gasteiger partial charge in [0.2, 0.25) is 0 Å². The Bertz CT molecular complexity index is 874. The van der Waals surface area contributed by atoms with Crippen LogP contribution in [0.5, 0.6) is 11.5 Å². The molecule has 0 radical (unpaired) electrons. The summed E-state index contributed by atoms with van der Waals surface area (Å²) in [5.41, 5.74) is 2.89. The Morgan fingerprint density at radius 2 is 1.92 bits per heavy atom. The number of nitrogens with zero attached hydrogens (tertiary/aromatic N) is 1. The summed E-state index contributed by atoms with van der Waals surface area (Å²) in [4.78, 5) is 7.30. The first-order chi connectivity index (χ1) is 12.1. The molecule has 2 N–H and O–H groups in total. The molecule has 3 aromatic rings. The molecule has 5 heteroatoms. The Balaban J connectivity index is 2.09. The number of rotatable bonds is 6. The summed E-state index contributed by atoms with van der Waals surface area (Å²) in [6.07, 6.45) is 1.04. The Morgan fingerprint density at radius 1 is 1.08 bits per heavy atom. The second-order valence-electron chi connectivity index (χ2n) is 5.66. The van der Waals surface area contributed by atoms with Gasteiger partial charge in [-0.2, -0.15) is 0 Å². The van der Waals surface area contributed by atoms with E-state index in [-0.39, 0.29) is 5.75 Å². The number of anilines is 1. The number of nitrogens with one attached hydrogen (secondary N) is 1. The maximum absolute atomic E-state index is 9.83. The third-order valence-electron chi connectivity index (χ3n) is 3.95. The van der Waals surface area contributed by atoms with Crippen LogP contribution in [0.15, 0.2) is 42.5 Å². The van der Waals surface area contributed by atoms with E-state index in [9.17, 15) is 5.11 Å². The lowest BCUT2D eigenvalue weighted by molar-refractivity contribution is 0.373. The van der Waals surface area contributed by atoms with E-state index in [1.165, 1.54) is 9.75 Å². The van der Waals surface area contributed by atoms with Crippen LogP contribution < -0.4 is 10.1 Å². The first-order valence-electron chi connectivity index (χ1n) is 8.37. The van der Waals surface area contributed by atoms with Crippen molar-refractivity contribution in [3.63, 3.8) is 0 Å². The van der Waals surface area contributed by atoms with Crippen molar-refractivity contribution >= 4 is 17.2 Å². The summed E-state index contributed by atoms with van der Waals surface area (Å²) in [5, 5.41) is 13.1. The molecule has 0 aliphatic carbocycles. The second-order valence-corrected chi connectivity index (χ2v) is 6.83. The van der Waals surface area contributed by atoms with E-state index in [2.05, 4.69) is 43.4 Å². The van der Waals surface area contributed by atoms with Gasteiger partial charge in [0, 0.05) is 21.9 Å². The number of benzene rings is 1. The fraction of sp³-hybridized carbons (Fsp3) is 0.250. The number of hydrogen-bond acceptors (Lipinski definition) is 5. The quantitative estimate of drug-likeness (QED) is 0.640. The smallest absolute Gasteiger partial charge is 0.161 e. The summed E-state index contributed by atoms with van der Waals surface area (Å²) >= 11 is 1.81. The largest absolute Gasteiger partial charge is 0.504 e. The first kappa shape index (κ1) is 17.3. The Hall–Kier alpha value is -2.53. The summed E-state index contributed by atoms with van der Waals surface area (Å²) < 4.78 is 5.23. The zero-order chi connectivity index (χ0) is 17.8. The minimum atomic E-state index is 0.125. The van der Waals surface area contributed by atoms with E-state index in [4.69, 9.17) is 9.72 Å². The summed E-state index contributed by atoms with van der Waals surface area (Å²) in [5.74, 6) is 1.41. The van der Waals surface area contributed by atoms with Crippen LogP contribution in [-0.2, 0) is 6.42 Å². The van der Waals surface area contributed by atoms with Crippen LogP contribution in [0, 0.1) is 0 Å². The average molecular weight is 354 g/mol. The number of methoxy groups -OCH3 is 1. The van der Waals surface area contributed by atoms with Crippen molar-refractivity contribution in [2.45, 2.75) is 20.3 Å². The van der Waals surface area contributed by atoms with Crippen molar-refractivity contribution in [2.24, 2.45) is 0 Å². The number of phenols is 1. The minimum absolute atomic E-state index is 0.125. The highest BCUT2D eigenvalue weighted by atomic mass is 32.1. The van der Waals surface area contributed by atoms with E-state index in [0.717, 1.165) is 35.6 Å². The van der Waals surface area contributed by atoms with E-state index >= 15 is 0 Å². The molecule has 1 aromatic carbocycles. The summed E-state index contributed by atoms with van der Waals surface area (Å²) in [6.45, 7) is 5.03. The predicted octanol–water partition coefficient (Wildman–Crippen LogP) is 5.19.